The molecular formula is C13H12Cl2N2O2. The highest BCUT2D eigenvalue weighted by Gasteiger charge is 2.14. The van der Waals surface area contributed by atoms with Crippen LogP contribution in [0, 0.1) is 0 Å². The summed E-state index contributed by atoms with van der Waals surface area (Å²) in [5.41, 5.74) is 0.644. The summed E-state index contributed by atoms with van der Waals surface area (Å²) in [5.74, 6) is 0. The van der Waals surface area contributed by atoms with Crippen LogP contribution in [-0.4, -0.2) is 18.2 Å². The highest BCUT2D eigenvalue weighted by atomic mass is 35.5. The third kappa shape index (κ3) is 2.91. The van der Waals surface area contributed by atoms with Gasteiger partial charge in [-0.2, -0.15) is 0 Å². The summed E-state index contributed by atoms with van der Waals surface area (Å²) >= 11 is 12.2. The number of fused-ring (bicyclic) bond motifs is 1. The Morgan fingerprint density at radius 2 is 2.16 bits per heavy atom. The van der Waals surface area contributed by atoms with Crippen molar-refractivity contribution in [2.45, 2.75) is 13.0 Å². The van der Waals surface area contributed by atoms with Crippen molar-refractivity contribution in [2.24, 2.45) is 0 Å². The van der Waals surface area contributed by atoms with Crippen LogP contribution in [-0.2, 0) is 4.74 Å². The maximum Gasteiger partial charge on any atom is 0.407 e. The number of halogens is 2. The molecule has 1 N–H and O–H groups in total. The molecule has 1 atom stereocenters. The summed E-state index contributed by atoms with van der Waals surface area (Å²) in [5, 5.41) is 5.09. The summed E-state index contributed by atoms with van der Waals surface area (Å²) in [7, 11) is 1.31. The number of methoxy groups -OCH3 is 1. The molecule has 0 fully saturated rings. The van der Waals surface area contributed by atoms with E-state index in [0.717, 1.165) is 5.39 Å². The number of pyridine rings is 1. The van der Waals surface area contributed by atoms with Crippen molar-refractivity contribution >= 4 is 40.1 Å². The average Bonchev–Trinajstić information content (AvgIpc) is 2.38. The Hall–Kier alpha value is -1.52. The fourth-order valence-electron chi connectivity index (χ4n) is 1.77. The predicted octanol–water partition coefficient (Wildman–Crippen LogP) is 3.96. The first-order chi connectivity index (χ1) is 9.02. The molecule has 0 bridgehead atoms. The molecule has 0 aliphatic heterocycles. The second kappa shape index (κ2) is 5.63. The molecule has 1 aromatic heterocycles. The van der Waals surface area contributed by atoms with Gasteiger partial charge < -0.3 is 10.1 Å². The lowest BCUT2D eigenvalue weighted by molar-refractivity contribution is 0.167. The van der Waals surface area contributed by atoms with Gasteiger partial charge in [0, 0.05) is 5.39 Å². The number of carbonyl (C=O) groups is 1. The molecule has 100 valence electrons. The van der Waals surface area contributed by atoms with Crippen molar-refractivity contribution < 1.29 is 9.53 Å². The molecule has 6 heteroatoms. The van der Waals surface area contributed by atoms with E-state index in [0.29, 0.717) is 21.3 Å². The van der Waals surface area contributed by atoms with Gasteiger partial charge in [0.05, 0.1) is 23.9 Å². The Morgan fingerprint density at radius 3 is 2.84 bits per heavy atom. The number of carbonyl (C=O) groups excluding carboxylic acids is 1. The van der Waals surface area contributed by atoms with Gasteiger partial charge in [0.1, 0.15) is 5.15 Å². The van der Waals surface area contributed by atoms with Crippen molar-refractivity contribution in [3.8, 4) is 0 Å². The normalized spacial score (nSPS) is 12.2. The molecule has 0 aliphatic carbocycles. The van der Waals surface area contributed by atoms with Gasteiger partial charge in [0.15, 0.2) is 0 Å². The number of nitrogens with zero attached hydrogens (tertiary/aromatic N) is 1. The summed E-state index contributed by atoms with van der Waals surface area (Å²) in [6.07, 6.45) is -0.517. The Kier molecular flexibility index (Phi) is 4.12. The summed E-state index contributed by atoms with van der Waals surface area (Å²) in [6.45, 7) is 1.80. The molecule has 0 radical (unpaired) electrons. The number of nitrogens with one attached hydrogen (secondary N) is 1. The van der Waals surface area contributed by atoms with E-state index >= 15 is 0 Å². The Morgan fingerprint density at radius 1 is 1.42 bits per heavy atom. The smallest absolute Gasteiger partial charge is 0.407 e. The minimum absolute atomic E-state index is 0.312. The van der Waals surface area contributed by atoms with Crippen LogP contribution in [0.5, 0.6) is 0 Å². The molecule has 0 spiro atoms. The molecule has 0 aliphatic rings. The summed E-state index contributed by atoms with van der Waals surface area (Å²) in [4.78, 5) is 15.4. The molecule has 1 heterocycles. The van der Waals surface area contributed by atoms with Crippen molar-refractivity contribution in [3.63, 3.8) is 0 Å². The predicted molar refractivity (Wildman–Crippen MR) is 75.7 cm³/mol. The van der Waals surface area contributed by atoms with Crippen molar-refractivity contribution in [2.75, 3.05) is 7.11 Å². The Labute approximate surface area is 120 Å². The molecular weight excluding hydrogens is 287 g/mol. The third-order valence-corrected chi connectivity index (χ3v) is 3.33. The molecule has 0 saturated carbocycles. The number of hydrogen-bond donors (Lipinski definition) is 1. The van der Waals surface area contributed by atoms with E-state index in [-0.39, 0.29) is 6.04 Å². The van der Waals surface area contributed by atoms with Gasteiger partial charge >= 0.3 is 6.09 Å². The standard InChI is InChI=1S/C13H12Cl2N2O2/c1-7(16-13(18)19-2)10-6-8-4-3-5-9(14)11(8)12(15)17-10/h3-7H,1-2H3,(H,16,18). The topological polar surface area (TPSA) is 51.2 Å². The van der Waals surface area contributed by atoms with Gasteiger partial charge in [-0.05, 0) is 24.4 Å². The van der Waals surface area contributed by atoms with Crippen LogP contribution in [0.25, 0.3) is 10.8 Å². The van der Waals surface area contributed by atoms with Crippen LogP contribution in [0.1, 0.15) is 18.7 Å². The van der Waals surface area contributed by atoms with Gasteiger partial charge in [-0.3, -0.25) is 0 Å². The van der Waals surface area contributed by atoms with Crippen LogP contribution >= 0.6 is 23.2 Å². The number of benzene rings is 1. The van der Waals surface area contributed by atoms with Crippen LogP contribution in [0.2, 0.25) is 10.2 Å². The first-order valence-electron chi connectivity index (χ1n) is 5.62. The SMILES string of the molecule is COC(=O)NC(C)c1cc2cccc(Cl)c2c(Cl)n1. The molecule has 1 amide bonds. The quantitative estimate of drug-likeness (QED) is 0.854. The van der Waals surface area contributed by atoms with E-state index in [9.17, 15) is 4.79 Å². The van der Waals surface area contributed by atoms with Gasteiger partial charge in [-0.25, -0.2) is 9.78 Å². The molecule has 4 nitrogen and oxygen atoms in total. The molecule has 1 unspecified atom stereocenters. The molecule has 1 aromatic carbocycles. The van der Waals surface area contributed by atoms with Crippen LogP contribution in [0.15, 0.2) is 24.3 Å². The number of amides is 1. The summed E-state index contributed by atoms with van der Waals surface area (Å²) < 4.78 is 4.55. The molecule has 2 rings (SSSR count). The van der Waals surface area contributed by atoms with Crippen LogP contribution in [0.3, 0.4) is 0 Å². The summed E-state index contributed by atoms with van der Waals surface area (Å²) in [6, 6.07) is 7.01. The Bertz CT molecular complexity index is 631. The van der Waals surface area contributed by atoms with Crippen LogP contribution < -0.4 is 5.32 Å². The maximum absolute atomic E-state index is 11.2. The number of aromatic nitrogens is 1. The molecule has 2 aromatic rings. The lowest BCUT2D eigenvalue weighted by Gasteiger charge is -2.14. The fourth-order valence-corrected chi connectivity index (χ4v) is 2.40. The number of hydrogen-bond acceptors (Lipinski definition) is 3. The lowest BCUT2D eigenvalue weighted by atomic mass is 10.1. The van der Waals surface area contributed by atoms with E-state index < -0.39 is 6.09 Å². The second-order valence-corrected chi connectivity index (χ2v) is 4.80. The van der Waals surface area contributed by atoms with E-state index in [4.69, 9.17) is 23.2 Å². The Balaban J connectivity index is 2.43. The lowest BCUT2D eigenvalue weighted by Crippen LogP contribution is -2.26. The monoisotopic (exact) mass is 298 g/mol. The molecule has 0 saturated heterocycles. The third-order valence-electron chi connectivity index (χ3n) is 2.75. The zero-order chi connectivity index (χ0) is 14.0. The van der Waals surface area contributed by atoms with Crippen molar-refractivity contribution in [3.05, 3.63) is 40.1 Å². The largest absolute Gasteiger partial charge is 0.453 e. The van der Waals surface area contributed by atoms with Gasteiger partial charge in [0.25, 0.3) is 0 Å². The first-order valence-corrected chi connectivity index (χ1v) is 6.37. The van der Waals surface area contributed by atoms with E-state index in [1.807, 2.05) is 18.2 Å². The van der Waals surface area contributed by atoms with E-state index in [1.54, 1.807) is 13.0 Å². The van der Waals surface area contributed by atoms with E-state index in [2.05, 4.69) is 15.0 Å². The van der Waals surface area contributed by atoms with Crippen molar-refractivity contribution in [1.82, 2.24) is 10.3 Å². The highest BCUT2D eigenvalue weighted by molar-refractivity contribution is 6.41. The van der Waals surface area contributed by atoms with Gasteiger partial charge in [-0.15, -0.1) is 0 Å². The van der Waals surface area contributed by atoms with Gasteiger partial charge in [0.2, 0.25) is 0 Å². The van der Waals surface area contributed by atoms with E-state index in [1.165, 1.54) is 7.11 Å². The molecule has 19 heavy (non-hydrogen) atoms. The number of rotatable bonds is 2. The first kappa shape index (κ1) is 13.9. The zero-order valence-electron chi connectivity index (χ0n) is 10.4. The second-order valence-electron chi connectivity index (χ2n) is 4.03. The maximum atomic E-state index is 11.2. The zero-order valence-corrected chi connectivity index (χ0v) is 11.9. The highest BCUT2D eigenvalue weighted by Crippen LogP contribution is 2.30. The minimum atomic E-state index is -0.517. The number of ether oxygens (including phenoxy) is 1. The minimum Gasteiger partial charge on any atom is -0.453 e. The fraction of sp³-hybridized carbons (Fsp3) is 0.231. The van der Waals surface area contributed by atoms with Gasteiger partial charge in [-0.1, -0.05) is 35.3 Å². The average molecular weight is 299 g/mol. The van der Waals surface area contributed by atoms with Crippen molar-refractivity contribution in [1.29, 1.82) is 0 Å². The van der Waals surface area contributed by atoms with Crippen LogP contribution in [0.4, 0.5) is 4.79 Å². The number of alkyl carbamates (subject to hydrolysis) is 1.